The molecule has 0 aliphatic carbocycles. The van der Waals surface area contributed by atoms with E-state index in [1.54, 1.807) is 12.3 Å². The van der Waals surface area contributed by atoms with Crippen LogP contribution >= 0.6 is 0 Å². The molecule has 2 aromatic rings. The third kappa shape index (κ3) is 2.84. The SMILES string of the molecule is COC1(C(F)(F)F)CCN(c2cc(C3CNC(=O)NC3=O)nn3ccnc23)C1. The van der Waals surface area contributed by atoms with Crippen molar-refractivity contribution in [2.24, 2.45) is 0 Å². The van der Waals surface area contributed by atoms with Gasteiger partial charge in [0, 0.05) is 39.0 Å². The van der Waals surface area contributed by atoms with Gasteiger partial charge in [0.05, 0.1) is 23.8 Å². The summed E-state index contributed by atoms with van der Waals surface area (Å²) >= 11 is 0. The van der Waals surface area contributed by atoms with Crippen LogP contribution in [0.3, 0.4) is 0 Å². The highest BCUT2D eigenvalue weighted by Crippen LogP contribution is 2.42. The quantitative estimate of drug-likeness (QED) is 0.794. The zero-order valence-corrected chi connectivity index (χ0v) is 14.8. The first-order valence-electron chi connectivity index (χ1n) is 8.54. The average Bonchev–Trinajstić information content (AvgIpc) is 3.28. The number of hydrogen-bond donors (Lipinski definition) is 2. The lowest BCUT2D eigenvalue weighted by Crippen LogP contribution is -2.51. The fourth-order valence-electron chi connectivity index (χ4n) is 3.59. The minimum atomic E-state index is -4.52. The summed E-state index contributed by atoms with van der Waals surface area (Å²) < 4.78 is 46.9. The van der Waals surface area contributed by atoms with Crippen LogP contribution in [0.25, 0.3) is 5.65 Å². The second-order valence-corrected chi connectivity index (χ2v) is 6.77. The summed E-state index contributed by atoms with van der Waals surface area (Å²) in [6.45, 7) is -0.249. The fraction of sp³-hybridized carbons (Fsp3) is 0.500. The third-order valence-corrected chi connectivity index (χ3v) is 5.22. The van der Waals surface area contributed by atoms with E-state index >= 15 is 0 Å². The summed E-state index contributed by atoms with van der Waals surface area (Å²) in [6.07, 6.45) is -1.73. The number of carbonyl (C=O) groups excluding carboxylic acids is 2. The van der Waals surface area contributed by atoms with Crippen LogP contribution in [0.2, 0.25) is 0 Å². The van der Waals surface area contributed by atoms with Gasteiger partial charge in [-0.25, -0.2) is 14.3 Å². The number of aromatic nitrogens is 3. The number of methoxy groups -OCH3 is 1. The van der Waals surface area contributed by atoms with Gasteiger partial charge in [-0.15, -0.1) is 0 Å². The number of fused-ring (bicyclic) bond motifs is 1. The molecule has 4 heterocycles. The van der Waals surface area contributed by atoms with Crippen LogP contribution in [0.5, 0.6) is 0 Å². The number of amides is 3. The van der Waals surface area contributed by atoms with Gasteiger partial charge in [0.2, 0.25) is 5.91 Å². The molecule has 2 fully saturated rings. The van der Waals surface area contributed by atoms with Crippen LogP contribution in [0.15, 0.2) is 18.5 Å². The van der Waals surface area contributed by atoms with Crippen molar-refractivity contribution in [3.8, 4) is 0 Å². The maximum atomic E-state index is 13.5. The molecule has 2 atom stereocenters. The molecule has 2 saturated heterocycles. The first-order valence-corrected chi connectivity index (χ1v) is 8.54. The van der Waals surface area contributed by atoms with Crippen molar-refractivity contribution in [1.29, 1.82) is 0 Å². The molecule has 3 amide bonds. The van der Waals surface area contributed by atoms with Crippen molar-refractivity contribution in [3.63, 3.8) is 0 Å². The Morgan fingerprint density at radius 1 is 1.36 bits per heavy atom. The number of anilines is 1. The van der Waals surface area contributed by atoms with E-state index in [0.29, 0.717) is 17.0 Å². The summed E-state index contributed by atoms with van der Waals surface area (Å²) in [4.78, 5) is 29.2. The molecule has 2 aliphatic rings. The predicted octanol–water partition coefficient (Wildman–Crippen LogP) is 0.810. The van der Waals surface area contributed by atoms with Crippen molar-refractivity contribution in [1.82, 2.24) is 25.2 Å². The van der Waals surface area contributed by atoms with E-state index in [1.165, 1.54) is 15.6 Å². The molecule has 0 aromatic carbocycles. The lowest BCUT2D eigenvalue weighted by molar-refractivity contribution is -0.260. The minimum absolute atomic E-state index is 0.0435. The molecule has 150 valence electrons. The van der Waals surface area contributed by atoms with E-state index in [4.69, 9.17) is 4.74 Å². The normalized spacial score (nSPS) is 25.9. The van der Waals surface area contributed by atoms with E-state index in [1.807, 2.05) is 0 Å². The number of nitrogens with one attached hydrogen (secondary N) is 2. The second kappa shape index (κ2) is 6.33. The second-order valence-electron chi connectivity index (χ2n) is 6.77. The molecule has 0 radical (unpaired) electrons. The molecular weight excluding hydrogens is 381 g/mol. The number of imide groups is 1. The topological polar surface area (TPSA) is 101 Å². The Kier molecular flexibility index (Phi) is 4.17. The smallest absolute Gasteiger partial charge is 0.367 e. The Morgan fingerprint density at radius 2 is 2.14 bits per heavy atom. The molecule has 4 rings (SSSR count). The lowest BCUT2D eigenvalue weighted by atomic mass is 10.0. The van der Waals surface area contributed by atoms with Crippen molar-refractivity contribution in [2.75, 3.05) is 31.6 Å². The number of urea groups is 1. The van der Waals surface area contributed by atoms with E-state index in [9.17, 15) is 22.8 Å². The van der Waals surface area contributed by atoms with Crippen molar-refractivity contribution >= 4 is 23.3 Å². The van der Waals surface area contributed by atoms with Gasteiger partial charge in [0.1, 0.15) is 0 Å². The largest absolute Gasteiger partial charge is 0.419 e. The standard InChI is InChI=1S/C16H17F3N6O3/c1-28-15(16(17,18)19)2-4-24(8-15)11-6-10(23-25-5-3-20-12(11)25)9-7-21-14(27)22-13(9)26/h3,5-6,9H,2,4,7-8H2,1H3,(H2,21,22,26,27). The molecule has 12 heteroatoms. The highest BCUT2D eigenvalue weighted by Gasteiger charge is 2.59. The first kappa shape index (κ1) is 18.5. The van der Waals surface area contributed by atoms with Crippen LogP contribution in [0.1, 0.15) is 18.0 Å². The monoisotopic (exact) mass is 398 g/mol. The first-order chi connectivity index (χ1) is 13.2. The average molecular weight is 398 g/mol. The molecule has 2 unspecified atom stereocenters. The van der Waals surface area contributed by atoms with Gasteiger partial charge >= 0.3 is 12.2 Å². The maximum absolute atomic E-state index is 13.5. The summed E-state index contributed by atoms with van der Waals surface area (Å²) in [6, 6.07) is 0.950. The van der Waals surface area contributed by atoms with Crippen molar-refractivity contribution in [3.05, 3.63) is 24.2 Å². The Hall–Kier alpha value is -2.89. The van der Waals surface area contributed by atoms with Gasteiger partial charge in [-0.05, 0) is 6.07 Å². The number of alkyl halides is 3. The summed E-state index contributed by atoms with van der Waals surface area (Å²) in [5.41, 5.74) is -1.16. The van der Waals surface area contributed by atoms with Crippen LogP contribution in [0.4, 0.5) is 23.7 Å². The number of halogens is 3. The van der Waals surface area contributed by atoms with E-state index in [0.717, 1.165) is 7.11 Å². The summed E-state index contributed by atoms with van der Waals surface area (Å²) in [5, 5.41) is 9.01. The fourth-order valence-corrected chi connectivity index (χ4v) is 3.59. The van der Waals surface area contributed by atoms with Gasteiger partial charge in [0.25, 0.3) is 0 Å². The van der Waals surface area contributed by atoms with Gasteiger partial charge < -0.3 is 15.0 Å². The van der Waals surface area contributed by atoms with Gasteiger partial charge in [-0.3, -0.25) is 10.1 Å². The highest BCUT2D eigenvalue weighted by molar-refractivity contribution is 6.00. The van der Waals surface area contributed by atoms with Crippen LogP contribution in [-0.4, -0.2) is 65.1 Å². The zero-order valence-electron chi connectivity index (χ0n) is 14.8. The number of imidazole rings is 1. The molecule has 0 saturated carbocycles. The Morgan fingerprint density at radius 3 is 2.79 bits per heavy atom. The zero-order chi connectivity index (χ0) is 20.1. The number of ether oxygens (including phenoxy) is 1. The third-order valence-electron chi connectivity index (χ3n) is 5.22. The van der Waals surface area contributed by atoms with Gasteiger partial charge in [-0.2, -0.15) is 18.3 Å². The minimum Gasteiger partial charge on any atom is -0.367 e. The van der Waals surface area contributed by atoms with E-state index in [-0.39, 0.29) is 19.5 Å². The molecule has 2 N–H and O–H groups in total. The van der Waals surface area contributed by atoms with Crippen LogP contribution in [-0.2, 0) is 9.53 Å². The summed E-state index contributed by atoms with van der Waals surface area (Å²) in [5.74, 6) is -1.29. The molecule has 9 nitrogen and oxygen atoms in total. The van der Waals surface area contributed by atoms with Gasteiger partial charge in [0.15, 0.2) is 11.2 Å². The molecule has 28 heavy (non-hydrogen) atoms. The molecule has 2 aromatic heterocycles. The Bertz CT molecular complexity index is 945. The predicted molar refractivity (Wildman–Crippen MR) is 89.9 cm³/mol. The molecular formula is C16H17F3N6O3. The summed E-state index contributed by atoms with van der Waals surface area (Å²) in [7, 11) is 1.05. The van der Waals surface area contributed by atoms with Crippen molar-refractivity contribution < 1.29 is 27.5 Å². The van der Waals surface area contributed by atoms with E-state index < -0.39 is 36.2 Å². The Balaban J connectivity index is 1.73. The lowest BCUT2D eigenvalue weighted by Gasteiger charge is -2.30. The molecule has 0 bridgehead atoms. The van der Waals surface area contributed by atoms with Crippen LogP contribution in [0, 0.1) is 0 Å². The number of hydrogen-bond acceptors (Lipinski definition) is 6. The van der Waals surface area contributed by atoms with Gasteiger partial charge in [-0.1, -0.05) is 0 Å². The number of rotatable bonds is 3. The molecule has 0 spiro atoms. The highest BCUT2D eigenvalue weighted by atomic mass is 19.4. The van der Waals surface area contributed by atoms with Crippen molar-refractivity contribution in [2.45, 2.75) is 24.1 Å². The van der Waals surface area contributed by atoms with E-state index in [2.05, 4.69) is 20.7 Å². The number of nitrogens with zero attached hydrogens (tertiary/aromatic N) is 4. The number of carbonyl (C=O) groups is 2. The van der Waals surface area contributed by atoms with Crippen LogP contribution < -0.4 is 15.5 Å². The Labute approximate surface area is 156 Å². The molecule has 2 aliphatic heterocycles. The maximum Gasteiger partial charge on any atom is 0.419 e.